The van der Waals surface area contributed by atoms with Gasteiger partial charge in [-0.1, -0.05) is 12.1 Å². The summed E-state index contributed by atoms with van der Waals surface area (Å²) in [6.07, 6.45) is 0. The molecule has 1 aromatic rings. The molecule has 0 atom stereocenters. The summed E-state index contributed by atoms with van der Waals surface area (Å²) in [4.78, 5) is 1.06. The van der Waals surface area contributed by atoms with Gasteiger partial charge in [0.2, 0.25) is 0 Å². The lowest BCUT2D eigenvalue weighted by atomic mass is 9.94. The van der Waals surface area contributed by atoms with E-state index in [1.165, 1.54) is 5.56 Å². The van der Waals surface area contributed by atoms with Crippen molar-refractivity contribution in [2.24, 2.45) is 0 Å². The summed E-state index contributed by atoms with van der Waals surface area (Å²) in [6, 6.07) is 8.40. The zero-order valence-corrected chi connectivity index (χ0v) is 7.14. The SMILES string of the molecule is Sc1cccc(C2CNC2)c1. The maximum Gasteiger partial charge on any atom is 0.00889 e. The van der Waals surface area contributed by atoms with Crippen molar-refractivity contribution in [2.75, 3.05) is 13.1 Å². The maximum absolute atomic E-state index is 4.29. The Labute approximate surface area is 72.2 Å². The second-order valence-corrected chi connectivity index (χ2v) is 3.47. The van der Waals surface area contributed by atoms with Crippen LogP contribution in [0.5, 0.6) is 0 Å². The lowest BCUT2D eigenvalue weighted by molar-refractivity contribution is 0.448. The molecule has 0 spiro atoms. The summed E-state index contributed by atoms with van der Waals surface area (Å²) in [5.41, 5.74) is 1.41. The van der Waals surface area contributed by atoms with E-state index >= 15 is 0 Å². The molecule has 2 heteroatoms. The minimum Gasteiger partial charge on any atom is -0.315 e. The van der Waals surface area contributed by atoms with Crippen molar-refractivity contribution >= 4 is 12.6 Å². The molecule has 1 aromatic carbocycles. The average molecular weight is 165 g/mol. The molecule has 11 heavy (non-hydrogen) atoms. The molecule has 0 aliphatic carbocycles. The lowest BCUT2D eigenvalue weighted by Gasteiger charge is -2.27. The fraction of sp³-hybridized carbons (Fsp3) is 0.333. The van der Waals surface area contributed by atoms with Crippen molar-refractivity contribution in [3.8, 4) is 0 Å². The van der Waals surface area contributed by atoms with E-state index in [4.69, 9.17) is 0 Å². The van der Waals surface area contributed by atoms with Gasteiger partial charge in [0.1, 0.15) is 0 Å². The molecule has 0 aromatic heterocycles. The third kappa shape index (κ3) is 1.42. The van der Waals surface area contributed by atoms with Crippen LogP contribution in [0.1, 0.15) is 11.5 Å². The minimum absolute atomic E-state index is 0.724. The van der Waals surface area contributed by atoms with Crippen LogP contribution in [0.25, 0.3) is 0 Å². The van der Waals surface area contributed by atoms with E-state index < -0.39 is 0 Å². The Balaban J connectivity index is 2.23. The second-order valence-electron chi connectivity index (χ2n) is 2.95. The van der Waals surface area contributed by atoms with Crippen LogP contribution >= 0.6 is 12.6 Å². The molecule has 0 radical (unpaired) electrons. The van der Waals surface area contributed by atoms with Gasteiger partial charge in [0, 0.05) is 23.9 Å². The maximum atomic E-state index is 4.29. The molecular weight excluding hydrogens is 154 g/mol. The molecule has 1 N–H and O–H groups in total. The topological polar surface area (TPSA) is 12.0 Å². The van der Waals surface area contributed by atoms with Crippen LogP contribution in [0.3, 0.4) is 0 Å². The number of benzene rings is 1. The number of nitrogens with one attached hydrogen (secondary N) is 1. The highest BCUT2D eigenvalue weighted by Gasteiger charge is 2.18. The predicted molar refractivity (Wildman–Crippen MR) is 49.3 cm³/mol. The van der Waals surface area contributed by atoms with Crippen molar-refractivity contribution in [1.82, 2.24) is 5.32 Å². The molecule has 1 aliphatic heterocycles. The Morgan fingerprint density at radius 3 is 2.73 bits per heavy atom. The number of rotatable bonds is 1. The van der Waals surface area contributed by atoms with Gasteiger partial charge in [-0.25, -0.2) is 0 Å². The summed E-state index contributed by atoms with van der Waals surface area (Å²) in [5, 5.41) is 3.25. The Bertz CT molecular complexity index is 255. The zero-order valence-electron chi connectivity index (χ0n) is 6.25. The van der Waals surface area contributed by atoms with Gasteiger partial charge in [-0.3, -0.25) is 0 Å². The van der Waals surface area contributed by atoms with Gasteiger partial charge in [0.15, 0.2) is 0 Å². The summed E-state index contributed by atoms with van der Waals surface area (Å²) in [7, 11) is 0. The molecule has 1 aliphatic rings. The van der Waals surface area contributed by atoms with Gasteiger partial charge >= 0.3 is 0 Å². The van der Waals surface area contributed by atoms with Crippen molar-refractivity contribution in [3.05, 3.63) is 29.8 Å². The van der Waals surface area contributed by atoms with E-state index in [2.05, 4.69) is 36.1 Å². The Morgan fingerprint density at radius 2 is 2.18 bits per heavy atom. The first-order chi connectivity index (χ1) is 5.36. The Morgan fingerprint density at radius 1 is 1.36 bits per heavy atom. The molecule has 2 rings (SSSR count). The highest BCUT2D eigenvalue weighted by molar-refractivity contribution is 7.80. The number of hydrogen-bond acceptors (Lipinski definition) is 2. The van der Waals surface area contributed by atoms with Gasteiger partial charge < -0.3 is 5.32 Å². The molecule has 0 bridgehead atoms. The van der Waals surface area contributed by atoms with E-state index in [9.17, 15) is 0 Å². The van der Waals surface area contributed by atoms with Crippen LogP contribution in [0, 0.1) is 0 Å². The van der Waals surface area contributed by atoms with Gasteiger partial charge in [0.25, 0.3) is 0 Å². The first-order valence-electron chi connectivity index (χ1n) is 3.86. The third-order valence-corrected chi connectivity index (χ3v) is 2.40. The first-order valence-corrected chi connectivity index (χ1v) is 4.30. The molecule has 0 saturated carbocycles. The lowest BCUT2D eigenvalue weighted by Crippen LogP contribution is -2.39. The fourth-order valence-electron chi connectivity index (χ4n) is 1.30. The summed E-state index contributed by atoms with van der Waals surface area (Å²) >= 11 is 4.29. The normalized spacial score (nSPS) is 17.9. The van der Waals surface area contributed by atoms with Gasteiger partial charge in [-0.2, -0.15) is 0 Å². The zero-order chi connectivity index (χ0) is 7.68. The number of hydrogen-bond donors (Lipinski definition) is 2. The van der Waals surface area contributed by atoms with Gasteiger partial charge in [-0.05, 0) is 17.7 Å². The molecule has 58 valence electrons. The van der Waals surface area contributed by atoms with E-state index in [0.29, 0.717) is 0 Å². The molecule has 0 amide bonds. The fourth-order valence-corrected chi connectivity index (χ4v) is 1.54. The monoisotopic (exact) mass is 165 g/mol. The second kappa shape index (κ2) is 2.88. The van der Waals surface area contributed by atoms with E-state index in [1.807, 2.05) is 6.07 Å². The largest absolute Gasteiger partial charge is 0.315 e. The molecule has 0 unspecified atom stereocenters. The molecule has 1 heterocycles. The van der Waals surface area contributed by atoms with Crippen molar-refractivity contribution in [1.29, 1.82) is 0 Å². The summed E-state index contributed by atoms with van der Waals surface area (Å²) in [6.45, 7) is 2.24. The Kier molecular flexibility index (Phi) is 1.88. The highest BCUT2D eigenvalue weighted by Crippen LogP contribution is 2.21. The standard InChI is InChI=1S/C9H11NS/c11-9-3-1-2-7(4-9)8-5-10-6-8/h1-4,8,10-11H,5-6H2. The van der Waals surface area contributed by atoms with Crippen LogP contribution < -0.4 is 5.32 Å². The average Bonchev–Trinajstić information content (AvgIpc) is 1.83. The van der Waals surface area contributed by atoms with Gasteiger partial charge in [0.05, 0.1) is 0 Å². The first kappa shape index (κ1) is 7.19. The molecule has 1 nitrogen and oxygen atoms in total. The minimum atomic E-state index is 0.724. The number of thiol groups is 1. The molecular formula is C9H11NS. The van der Waals surface area contributed by atoms with Crippen molar-refractivity contribution < 1.29 is 0 Å². The predicted octanol–water partition coefficient (Wildman–Crippen LogP) is 1.66. The van der Waals surface area contributed by atoms with E-state index in [1.54, 1.807) is 0 Å². The molecule has 1 fully saturated rings. The van der Waals surface area contributed by atoms with Crippen LogP contribution in [0.2, 0.25) is 0 Å². The van der Waals surface area contributed by atoms with Crippen molar-refractivity contribution in [2.45, 2.75) is 10.8 Å². The van der Waals surface area contributed by atoms with E-state index in [-0.39, 0.29) is 0 Å². The smallest absolute Gasteiger partial charge is 0.00889 e. The van der Waals surface area contributed by atoms with Crippen LogP contribution in [-0.2, 0) is 0 Å². The van der Waals surface area contributed by atoms with Crippen molar-refractivity contribution in [3.63, 3.8) is 0 Å². The van der Waals surface area contributed by atoms with Crippen LogP contribution in [-0.4, -0.2) is 13.1 Å². The summed E-state index contributed by atoms with van der Waals surface area (Å²) in [5.74, 6) is 0.724. The summed E-state index contributed by atoms with van der Waals surface area (Å²) < 4.78 is 0. The third-order valence-electron chi connectivity index (χ3n) is 2.12. The quantitative estimate of drug-likeness (QED) is 0.603. The Hall–Kier alpha value is -0.470. The van der Waals surface area contributed by atoms with E-state index in [0.717, 1.165) is 23.9 Å². The van der Waals surface area contributed by atoms with Crippen LogP contribution in [0.15, 0.2) is 29.2 Å². The van der Waals surface area contributed by atoms with Crippen LogP contribution in [0.4, 0.5) is 0 Å². The van der Waals surface area contributed by atoms with Gasteiger partial charge in [-0.15, -0.1) is 12.6 Å². The highest BCUT2D eigenvalue weighted by atomic mass is 32.1. The molecule has 1 saturated heterocycles.